The molecule has 0 saturated heterocycles. The summed E-state index contributed by atoms with van der Waals surface area (Å²) in [6.45, 7) is 2.14. The van der Waals surface area contributed by atoms with Crippen LogP contribution in [0, 0.1) is 0 Å². The molecule has 1 aromatic carbocycles. The molecule has 0 unspecified atom stereocenters. The Bertz CT molecular complexity index is 1010. The number of aryl methyl sites for hydroxylation is 1. The fourth-order valence-corrected chi connectivity index (χ4v) is 3.35. The van der Waals surface area contributed by atoms with E-state index in [1.54, 1.807) is 24.4 Å². The van der Waals surface area contributed by atoms with Crippen LogP contribution in [-0.4, -0.2) is 23.0 Å². The zero-order valence-electron chi connectivity index (χ0n) is 16.0. The minimum Gasteiger partial charge on any atom is -0.491 e. The molecular formula is C21H23N3O3S. The Hall–Kier alpha value is -2.93. The number of thiocarbonyl (C=S) groups is 1. The number of unbranched alkanes of at least 4 members (excludes halogenated alkanes) is 2. The molecule has 28 heavy (non-hydrogen) atoms. The van der Waals surface area contributed by atoms with Crippen LogP contribution in [0.1, 0.15) is 47.9 Å². The number of methoxy groups -OCH3 is 1. The summed E-state index contributed by atoms with van der Waals surface area (Å²) in [5.41, 5.74) is 8.64. The average Bonchev–Trinajstić information content (AvgIpc) is 3.06. The lowest BCUT2D eigenvalue weighted by Crippen LogP contribution is -2.21. The third-order valence-electron chi connectivity index (χ3n) is 4.50. The first kappa shape index (κ1) is 19.8. The normalized spacial score (nSPS) is 10.8. The van der Waals surface area contributed by atoms with Crippen LogP contribution in [0.15, 0.2) is 40.9 Å². The van der Waals surface area contributed by atoms with Crippen LogP contribution >= 0.6 is 12.2 Å². The highest BCUT2D eigenvalue weighted by Crippen LogP contribution is 2.35. The van der Waals surface area contributed by atoms with Gasteiger partial charge in [-0.05, 0) is 48.8 Å². The van der Waals surface area contributed by atoms with Crippen LogP contribution in [-0.2, 0) is 6.42 Å². The molecule has 2 aromatic heterocycles. The van der Waals surface area contributed by atoms with Crippen LogP contribution in [0.4, 0.5) is 5.69 Å². The minimum atomic E-state index is -0.291. The molecule has 0 atom stereocenters. The molecule has 0 fully saturated rings. The second-order valence-electron chi connectivity index (χ2n) is 6.43. The van der Waals surface area contributed by atoms with Crippen LogP contribution in [0.5, 0.6) is 5.75 Å². The highest BCUT2D eigenvalue weighted by molar-refractivity contribution is 7.80. The molecule has 0 aliphatic rings. The number of hydrogen-bond acceptors (Lipinski definition) is 5. The number of aromatic nitrogens is 1. The van der Waals surface area contributed by atoms with Crippen LogP contribution < -0.4 is 15.8 Å². The van der Waals surface area contributed by atoms with Crippen molar-refractivity contribution in [2.45, 2.75) is 32.6 Å². The third kappa shape index (κ3) is 3.99. The molecule has 6 nitrogen and oxygen atoms in total. The van der Waals surface area contributed by atoms with Crippen LogP contribution in [0.25, 0.3) is 11.1 Å². The van der Waals surface area contributed by atoms with Gasteiger partial charge in [0, 0.05) is 6.20 Å². The van der Waals surface area contributed by atoms with Crippen molar-refractivity contribution in [3.8, 4) is 5.75 Å². The zero-order chi connectivity index (χ0) is 20.1. The lowest BCUT2D eigenvalue weighted by molar-refractivity contribution is 0.101. The van der Waals surface area contributed by atoms with Gasteiger partial charge >= 0.3 is 0 Å². The number of fused-ring (bicyclic) bond motifs is 1. The Balaban J connectivity index is 2.12. The second-order valence-corrected chi connectivity index (χ2v) is 6.87. The quantitative estimate of drug-likeness (QED) is 0.329. The van der Waals surface area contributed by atoms with Gasteiger partial charge < -0.3 is 20.2 Å². The smallest absolute Gasteiger partial charge is 0.234 e. The van der Waals surface area contributed by atoms with E-state index in [4.69, 9.17) is 27.1 Å². The van der Waals surface area contributed by atoms with Crippen molar-refractivity contribution in [2.75, 3.05) is 12.4 Å². The molecule has 0 spiro atoms. The Morgan fingerprint density at radius 1 is 1.29 bits per heavy atom. The van der Waals surface area contributed by atoms with Gasteiger partial charge in [0.15, 0.2) is 22.0 Å². The van der Waals surface area contributed by atoms with Gasteiger partial charge in [-0.25, -0.2) is 4.98 Å². The summed E-state index contributed by atoms with van der Waals surface area (Å²) in [5.74, 6) is 0.149. The second kappa shape index (κ2) is 8.84. The fourth-order valence-electron chi connectivity index (χ4n) is 3.24. The van der Waals surface area contributed by atoms with Crippen molar-refractivity contribution < 1.29 is 13.9 Å². The number of pyridine rings is 1. The van der Waals surface area contributed by atoms with E-state index in [1.165, 1.54) is 7.11 Å². The molecule has 3 rings (SSSR count). The van der Waals surface area contributed by atoms with E-state index in [9.17, 15) is 4.79 Å². The Kier molecular flexibility index (Phi) is 6.26. The number of ether oxygens (including phenoxy) is 1. The van der Waals surface area contributed by atoms with E-state index in [2.05, 4.69) is 17.2 Å². The predicted molar refractivity (Wildman–Crippen MR) is 114 cm³/mol. The number of furan rings is 1. The number of nitrogens with zero attached hydrogens (tertiary/aromatic N) is 1. The van der Waals surface area contributed by atoms with Crippen molar-refractivity contribution in [2.24, 2.45) is 5.73 Å². The number of nitrogens with two attached hydrogens (primary N) is 1. The zero-order valence-corrected chi connectivity index (χ0v) is 16.8. The summed E-state index contributed by atoms with van der Waals surface area (Å²) in [6, 6.07) is 9.11. The number of nitrogens with one attached hydrogen (secondary N) is 1. The number of carbonyl (C=O) groups is 1. The predicted octanol–water partition coefficient (Wildman–Crippen LogP) is 4.46. The molecule has 0 saturated carbocycles. The first-order valence-electron chi connectivity index (χ1n) is 9.21. The van der Waals surface area contributed by atoms with E-state index in [-0.39, 0.29) is 16.7 Å². The largest absolute Gasteiger partial charge is 0.491 e. The van der Waals surface area contributed by atoms with Crippen molar-refractivity contribution >= 4 is 39.9 Å². The maximum atomic E-state index is 13.5. The molecule has 7 heteroatoms. The highest BCUT2D eigenvalue weighted by atomic mass is 32.1. The van der Waals surface area contributed by atoms with Gasteiger partial charge in [0.05, 0.1) is 18.4 Å². The number of ketones is 1. The van der Waals surface area contributed by atoms with Gasteiger partial charge in [-0.15, -0.1) is 0 Å². The number of anilines is 1. The van der Waals surface area contributed by atoms with Gasteiger partial charge in [0.2, 0.25) is 11.5 Å². The summed E-state index contributed by atoms with van der Waals surface area (Å²) in [4.78, 5) is 17.8. The van der Waals surface area contributed by atoms with E-state index >= 15 is 0 Å². The maximum absolute atomic E-state index is 13.5. The van der Waals surface area contributed by atoms with Gasteiger partial charge in [-0.2, -0.15) is 0 Å². The van der Waals surface area contributed by atoms with Crippen LogP contribution in [0.2, 0.25) is 0 Å². The Morgan fingerprint density at radius 3 is 2.82 bits per heavy atom. The first-order valence-corrected chi connectivity index (χ1v) is 9.62. The molecule has 0 amide bonds. The van der Waals surface area contributed by atoms with Crippen LogP contribution in [0.3, 0.4) is 0 Å². The van der Waals surface area contributed by atoms with E-state index < -0.39 is 0 Å². The van der Waals surface area contributed by atoms with Gasteiger partial charge in [-0.1, -0.05) is 31.9 Å². The third-order valence-corrected chi connectivity index (χ3v) is 4.60. The van der Waals surface area contributed by atoms with Crippen molar-refractivity contribution in [3.05, 3.63) is 53.4 Å². The molecule has 0 aliphatic heterocycles. The van der Waals surface area contributed by atoms with Gasteiger partial charge in [0.25, 0.3) is 0 Å². The average molecular weight is 398 g/mol. The first-order chi connectivity index (χ1) is 13.6. The number of benzene rings is 1. The van der Waals surface area contributed by atoms with Gasteiger partial charge in [0.1, 0.15) is 0 Å². The molecule has 2 heterocycles. The number of rotatable bonds is 8. The molecule has 3 N–H and O–H groups in total. The lowest BCUT2D eigenvalue weighted by atomic mass is 9.95. The molecule has 0 aliphatic carbocycles. The Labute approximate surface area is 169 Å². The summed E-state index contributed by atoms with van der Waals surface area (Å²) >= 11 is 4.99. The highest BCUT2D eigenvalue weighted by Gasteiger charge is 2.27. The van der Waals surface area contributed by atoms with Gasteiger partial charge in [-0.3, -0.25) is 4.79 Å². The molecule has 0 bridgehead atoms. The lowest BCUT2D eigenvalue weighted by Gasteiger charge is -2.14. The molecule has 146 valence electrons. The van der Waals surface area contributed by atoms with Crippen molar-refractivity contribution in [1.29, 1.82) is 0 Å². The SMILES string of the molecule is CCCCCc1cccc(NC(N)=S)c1C(=O)c1oc2cccnc2c1OC. The standard InChI is InChI=1S/C21H23N3O3S/c1-3-4-5-8-13-9-6-10-14(24-21(22)28)16(13)18(25)20-19(26-2)17-15(27-20)11-7-12-23-17/h6-7,9-12H,3-5,8H2,1-2H3,(H3,22,24,28). The molecule has 0 radical (unpaired) electrons. The van der Waals surface area contributed by atoms with E-state index in [1.807, 2.05) is 12.1 Å². The summed E-state index contributed by atoms with van der Waals surface area (Å²) in [6.07, 6.45) is 5.55. The van der Waals surface area contributed by atoms with E-state index in [0.29, 0.717) is 28.1 Å². The summed E-state index contributed by atoms with van der Waals surface area (Å²) in [7, 11) is 1.50. The number of hydrogen-bond donors (Lipinski definition) is 2. The topological polar surface area (TPSA) is 90.4 Å². The maximum Gasteiger partial charge on any atom is 0.234 e. The summed E-state index contributed by atoms with van der Waals surface area (Å²) in [5, 5.41) is 3.01. The van der Waals surface area contributed by atoms with Crippen molar-refractivity contribution in [1.82, 2.24) is 4.98 Å². The molecule has 3 aromatic rings. The van der Waals surface area contributed by atoms with Crippen molar-refractivity contribution in [3.63, 3.8) is 0 Å². The Morgan fingerprint density at radius 2 is 2.11 bits per heavy atom. The fraction of sp³-hybridized carbons (Fsp3) is 0.286. The minimum absolute atomic E-state index is 0.0954. The van der Waals surface area contributed by atoms with E-state index in [0.717, 1.165) is 31.2 Å². The number of carbonyl (C=O) groups excluding carboxylic acids is 1. The summed E-state index contributed by atoms with van der Waals surface area (Å²) < 4.78 is 11.3. The molecular weight excluding hydrogens is 374 g/mol. The monoisotopic (exact) mass is 397 g/mol.